The predicted octanol–water partition coefficient (Wildman–Crippen LogP) is 2.93. The van der Waals surface area contributed by atoms with Gasteiger partial charge in [-0.3, -0.25) is 10.1 Å². The Bertz CT molecular complexity index is 765. The first kappa shape index (κ1) is 16.4. The van der Waals surface area contributed by atoms with Crippen LogP contribution in [0.4, 0.5) is 23.0 Å². The number of ether oxygens (including phenoxy) is 1. The van der Waals surface area contributed by atoms with Crippen LogP contribution in [0.15, 0.2) is 24.5 Å². The summed E-state index contributed by atoms with van der Waals surface area (Å²) in [4.78, 5) is 21.2. The molecule has 0 spiro atoms. The largest absolute Gasteiger partial charge is 0.378 e. The molecule has 0 amide bonds. The van der Waals surface area contributed by atoms with Crippen molar-refractivity contribution >= 4 is 34.6 Å². The molecule has 0 atom stereocenters. The Balaban J connectivity index is 2.01. The summed E-state index contributed by atoms with van der Waals surface area (Å²) in [7, 11) is 0. The van der Waals surface area contributed by atoms with E-state index in [1.165, 1.54) is 6.33 Å². The molecule has 8 nitrogen and oxygen atoms in total. The average Bonchev–Trinajstić information content (AvgIpc) is 2.59. The highest BCUT2D eigenvalue weighted by atomic mass is 35.5. The number of hydrogen-bond acceptors (Lipinski definition) is 7. The smallest absolute Gasteiger partial charge is 0.353 e. The van der Waals surface area contributed by atoms with Crippen molar-refractivity contribution in [1.29, 1.82) is 0 Å². The zero-order chi connectivity index (χ0) is 17.1. The van der Waals surface area contributed by atoms with E-state index in [2.05, 4.69) is 15.3 Å². The summed E-state index contributed by atoms with van der Waals surface area (Å²) in [6, 6.07) is 5.32. The zero-order valence-electron chi connectivity index (χ0n) is 13.0. The normalized spacial score (nSPS) is 14.5. The Morgan fingerprint density at radius 1 is 1.33 bits per heavy atom. The lowest BCUT2D eigenvalue weighted by Crippen LogP contribution is -2.37. The van der Waals surface area contributed by atoms with Crippen LogP contribution in [0.1, 0.15) is 5.56 Å². The Labute approximate surface area is 143 Å². The van der Waals surface area contributed by atoms with Crippen LogP contribution in [0.25, 0.3) is 0 Å². The zero-order valence-corrected chi connectivity index (χ0v) is 13.8. The lowest BCUT2D eigenvalue weighted by atomic mass is 10.2. The fraction of sp³-hybridized carbons (Fsp3) is 0.333. The van der Waals surface area contributed by atoms with Gasteiger partial charge in [-0.05, 0) is 24.6 Å². The summed E-state index contributed by atoms with van der Waals surface area (Å²) in [5.41, 5.74) is 1.30. The third-order valence-corrected chi connectivity index (χ3v) is 4.23. The van der Waals surface area contributed by atoms with Crippen molar-refractivity contribution in [3.63, 3.8) is 0 Å². The van der Waals surface area contributed by atoms with Crippen molar-refractivity contribution in [3.8, 4) is 0 Å². The molecule has 126 valence electrons. The summed E-state index contributed by atoms with van der Waals surface area (Å²) in [6.07, 6.45) is 1.32. The van der Waals surface area contributed by atoms with Crippen LogP contribution in [0.5, 0.6) is 0 Å². The molecule has 9 heteroatoms. The van der Waals surface area contributed by atoms with Gasteiger partial charge in [-0.1, -0.05) is 17.7 Å². The van der Waals surface area contributed by atoms with Gasteiger partial charge in [0, 0.05) is 23.8 Å². The van der Waals surface area contributed by atoms with Crippen molar-refractivity contribution in [2.45, 2.75) is 6.92 Å². The third kappa shape index (κ3) is 3.24. The maximum atomic E-state index is 11.6. The highest BCUT2D eigenvalue weighted by molar-refractivity contribution is 6.31. The number of hydrogen-bond donors (Lipinski definition) is 1. The van der Waals surface area contributed by atoms with E-state index in [-0.39, 0.29) is 11.5 Å². The molecule has 3 rings (SSSR count). The number of benzene rings is 1. The van der Waals surface area contributed by atoms with Gasteiger partial charge in [0.2, 0.25) is 11.6 Å². The molecule has 1 aliphatic heterocycles. The molecule has 1 saturated heterocycles. The Kier molecular flexibility index (Phi) is 4.77. The molecule has 1 aromatic heterocycles. The van der Waals surface area contributed by atoms with E-state index in [1.54, 1.807) is 18.2 Å². The van der Waals surface area contributed by atoms with Gasteiger partial charge >= 0.3 is 5.69 Å². The average molecular weight is 350 g/mol. The van der Waals surface area contributed by atoms with Gasteiger partial charge in [0.1, 0.15) is 6.33 Å². The van der Waals surface area contributed by atoms with Gasteiger partial charge < -0.3 is 15.0 Å². The molecule has 2 heterocycles. The minimum absolute atomic E-state index is 0.141. The van der Waals surface area contributed by atoms with Crippen molar-refractivity contribution in [3.05, 3.63) is 45.2 Å². The first-order chi connectivity index (χ1) is 11.6. The molecule has 0 saturated carbocycles. The van der Waals surface area contributed by atoms with Gasteiger partial charge in [0.05, 0.1) is 18.1 Å². The molecule has 1 N–H and O–H groups in total. The fourth-order valence-electron chi connectivity index (χ4n) is 2.51. The Hall–Kier alpha value is -2.45. The van der Waals surface area contributed by atoms with Crippen LogP contribution in [0.2, 0.25) is 5.02 Å². The van der Waals surface area contributed by atoms with Crippen molar-refractivity contribution in [2.24, 2.45) is 0 Å². The lowest BCUT2D eigenvalue weighted by molar-refractivity contribution is -0.383. The lowest BCUT2D eigenvalue weighted by Gasteiger charge is -2.27. The maximum Gasteiger partial charge on any atom is 0.353 e. The summed E-state index contributed by atoms with van der Waals surface area (Å²) in [6.45, 7) is 3.95. The second-order valence-electron chi connectivity index (χ2n) is 5.29. The van der Waals surface area contributed by atoms with Crippen molar-refractivity contribution in [1.82, 2.24) is 9.97 Å². The van der Waals surface area contributed by atoms with Crippen LogP contribution in [0.3, 0.4) is 0 Å². The fourth-order valence-corrected chi connectivity index (χ4v) is 2.68. The quantitative estimate of drug-likeness (QED) is 0.670. The highest BCUT2D eigenvalue weighted by Crippen LogP contribution is 2.35. The first-order valence-electron chi connectivity index (χ1n) is 7.42. The van der Waals surface area contributed by atoms with E-state index in [0.29, 0.717) is 42.8 Å². The third-order valence-electron chi connectivity index (χ3n) is 3.82. The van der Waals surface area contributed by atoms with E-state index in [1.807, 2.05) is 11.8 Å². The standard InChI is InChI=1S/C15H16ClN5O3/c1-10-11(16)3-2-4-12(10)19-14-13(21(22)23)15(18-9-17-14)20-5-7-24-8-6-20/h2-4,9H,5-8H2,1H3,(H,17,18,19). The molecule has 0 radical (unpaired) electrons. The minimum atomic E-state index is -0.465. The number of anilines is 3. The molecular formula is C15H16ClN5O3. The first-order valence-corrected chi connectivity index (χ1v) is 7.80. The van der Waals surface area contributed by atoms with E-state index < -0.39 is 4.92 Å². The van der Waals surface area contributed by atoms with Crippen molar-refractivity contribution in [2.75, 3.05) is 36.5 Å². The summed E-state index contributed by atoms with van der Waals surface area (Å²) < 4.78 is 5.29. The summed E-state index contributed by atoms with van der Waals surface area (Å²) >= 11 is 6.11. The molecule has 1 fully saturated rings. The Morgan fingerprint density at radius 3 is 2.79 bits per heavy atom. The summed E-state index contributed by atoms with van der Waals surface area (Å²) in [5.74, 6) is 0.433. The van der Waals surface area contributed by atoms with Crippen LogP contribution in [-0.2, 0) is 4.74 Å². The van der Waals surface area contributed by atoms with Crippen LogP contribution in [-0.4, -0.2) is 41.2 Å². The molecule has 0 aliphatic carbocycles. The maximum absolute atomic E-state index is 11.6. The van der Waals surface area contributed by atoms with Crippen LogP contribution >= 0.6 is 11.6 Å². The molecule has 0 unspecified atom stereocenters. The monoisotopic (exact) mass is 349 g/mol. The van der Waals surface area contributed by atoms with E-state index in [0.717, 1.165) is 5.56 Å². The molecule has 0 bridgehead atoms. The SMILES string of the molecule is Cc1c(Cl)cccc1Nc1ncnc(N2CCOCC2)c1[N+](=O)[O-]. The number of morpholine rings is 1. The second kappa shape index (κ2) is 6.98. The van der Waals surface area contributed by atoms with Gasteiger partial charge in [-0.25, -0.2) is 9.97 Å². The number of rotatable bonds is 4. The molecule has 2 aromatic rings. The number of nitro groups is 1. The van der Waals surface area contributed by atoms with Gasteiger partial charge in [-0.15, -0.1) is 0 Å². The molecule has 24 heavy (non-hydrogen) atoms. The van der Waals surface area contributed by atoms with Crippen LogP contribution < -0.4 is 10.2 Å². The number of halogens is 1. The van der Waals surface area contributed by atoms with Gasteiger partial charge in [0.25, 0.3) is 0 Å². The van der Waals surface area contributed by atoms with Gasteiger partial charge in [0.15, 0.2) is 0 Å². The summed E-state index contributed by atoms with van der Waals surface area (Å²) in [5, 5.41) is 15.2. The second-order valence-corrected chi connectivity index (χ2v) is 5.70. The van der Waals surface area contributed by atoms with Crippen LogP contribution in [0, 0.1) is 17.0 Å². The molecular weight excluding hydrogens is 334 g/mol. The predicted molar refractivity (Wildman–Crippen MR) is 91.2 cm³/mol. The molecule has 1 aromatic carbocycles. The van der Waals surface area contributed by atoms with E-state index >= 15 is 0 Å². The van der Waals surface area contributed by atoms with Gasteiger partial charge in [-0.2, -0.15) is 0 Å². The topological polar surface area (TPSA) is 93.4 Å². The van der Waals surface area contributed by atoms with Crippen molar-refractivity contribution < 1.29 is 9.66 Å². The van der Waals surface area contributed by atoms with E-state index in [9.17, 15) is 10.1 Å². The number of nitrogens with zero attached hydrogens (tertiary/aromatic N) is 4. The number of nitrogens with one attached hydrogen (secondary N) is 1. The highest BCUT2D eigenvalue weighted by Gasteiger charge is 2.28. The molecule has 1 aliphatic rings. The number of aromatic nitrogens is 2. The van der Waals surface area contributed by atoms with E-state index in [4.69, 9.17) is 16.3 Å². The Morgan fingerprint density at radius 2 is 2.08 bits per heavy atom. The minimum Gasteiger partial charge on any atom is -0.378 e.